The van der Waals surface area contributed by atoms with E-state index in [0.717, 1.165) is 29.5 Å². The van der Waals surface area contributed by atoms with Crippen molar-refractivity contribution in [1.29, 1.82) is 0 Å². The number of primary amides is 1. The van der Waals surface area contributed by atoms with E-state index < -0.39 is 5.54 Å². The Labute approximate surface area is 166 Å². The van der Waals surface area contributed by atoms with E-state index >= 15 is 0 Å². The van der Waals surface area contributed by atoms with Gasteiger partial charge in [0.1, 0.15) is 5.54 Å². The summed E-state index contributed by atoms with van der Waals surface area (Å²) in [7, 11) is 0. The third-order valence-corrected chi connectivity index (χ3v) is 5.06. The fourth-order valence-corrected chi connectivity index (χ4v) is 3.45. The summed E-state index contributed by atoms with van der Waals surface area (Å²) in [6.07, 6.45) is 9.18. The second-order valence-corrected chi connectivity index (χ2v) is 7.03. The molecule has 28 heavy (non-hydrogen) atoms. The van der Waals surface area contributed by atoms with Gasteiger partial charge in [0.25, 0.3) is 0 Å². The minimum Gasteiger partial charge on any atom is -0.368 e. The van der Waals surface area contributed by atoms with Crippen molar-refractivity contribution in [2.75, 3.05) is 6.54 Å². The highest BCUT2D eigenvalue weighted by Gasteiger charge is 2.37. The summed E-state index contributed by atoms with van der Waals surface area (Å²) < 4.78 is 0. The lowest BCUT2D eigenvalue weighted by molar-refractivity contribution is -0.125. The highest BCUT2D eigenvalue weighted by Crippen LogP contribution is 2.28. The van der Waals surface area contributed by atoms with Gasteiger partial charge < -0.3 is 5.73 Å². The lowest BCUT2D eigenvalue weighted by Gasteiger charge is -2.33. The van der Waals surface area contributed by atoms with Gasteiger partial charge in [0, 0.05) is 31.3 Å². The molecule has 0 spiro atoms. The van der Waals surface area contributed by atoms with Gasteiger partial charge in [-0.2, -0.15) is 0 Å². The van der Waals surface area contributed by atoms with E-state index in [4.69, 9.17) is 5.73 Å². The molecule has 0 fully saturated rings. The molecule has 1 aromatic carbocycles. The third-order valence-electron chi connectivity index (χ3n) is 5.06. The highest BCUT2D eigenvalue weighted by atomic mass is 16.1. The number of amides is 1. The van der Waals surface area contributed by atoms with Gasteiger partial charge in [0.2, 0.25) is 5.91 Å². The van der Waals surface area contributed by atoms with E-state index in [-0.39, 0.29) is 5.91 Å². The molecule has 0 bridgehead atoms. The summed E-state index contributed by atoms with van der Waals surface area (Å²) in [6.45, 7) is 2.66. The van der Waals surface area contributed by atoms with Crippen molar-refractivity contribution in [2.24, 2.45) is 5.73 Å². The first-order chi connectivity index (χ1) is 13.6. The van der Waals surface area contributed by atoms with Crippen LogP contribution in [0.15, 0.2) is 73.3 Å². The van der Waals surface area contributed by atoms with Gasteiger partial charge in [-0.05, 0) is 67.1 Å². The molecule has 144 valence electrons. The number of aromatic nitrogens is 2. The molecule has 3 aromatic rings. The second kappa shape index (κ2) is 9.24. The Kier molecular flexibility index (Phi) is 6.50. The molecule has 1 unspecified atom stereocenters. The number of carbonyl (C=O) groups is 1. The number of benzene rings is 1. The number of carbonyl (C=O) groups excluding carboxylic acids is 1. The largest absolute Gasteiger partial charge is 0.368 e. The Balaban J connectivity index is 1.85. The predicted molar refractivity (Wildman–Crippen MR) is 111 cm³/mol. The normalized spacial score (nSPS) is 13.0. The summed E-state index contributed by atoms with van der Waals surface area (Å²) in [6, 6.07) is 15.9. The molecule has 0 aliphatic carbocycles. The molecule has 0 radical (unpaired) electrons. The van der Waals surface area contributed by atoms with Crippen LogP contribution in [0, 0.1) is 6.92 Å². The van der Waals surface area contributed by atoms with Crippen LogP contribution in [0.2, 0.25) is 0 Å². The van der Waals surface area contributed by atoms with Gasteiger partial charge in [0.15, 0.2) is 0 Å². The summed E-state index contributed by atoms with van der Waals surface area (Å²) in [5, 5.41) is 3.48. The first-order valence-electron chi connectivity index (χ1n) is 9.50. The van der Waals surface area contributed by atoms with Gasteiger partial charge in [-0.1, -0.05) is 29.8 Å². The number of nitrogens with two attached hydrogens (primary N) is 1. The summed E-state index contributed by atoms with van der Waals surface area (Å²) in [5.74, 6) is -0.359. The molecule has 2 aromatic heterocycles. The zero-order valence-electron chi connectivity index (χ0n) is 16.1. The number of aryl methyl sites for hydroxylation is 2. The molecular weight excluding hydrogens is 348 g/mol. The fourth-order valence-electron chi connectivity index (χ4n) is 3.45. The molecule has 5 heteroatoms. The third kappa shape index (κ3) is 4.81. The highest BCUT2D eigenvalue weighted by molar-refractivity contribution is 5.86. The molecular formula is C23H26N4O. The number of nitrogens with zero attached hydrogens (tertiary/aromatic N) is 2. The zero-order chi connectivity index (χ0) is 19.8. The van der Waals surface area contributed by atoms with E-state index in [9.17, 15) is 4.79 Å². The molecule has 0 saturated carbocycles. The van der Waals surface area contributed by atoms with Crippen LogP contribution in [0.3, 0.4) is 0 Å². The van der Waals surface area contributed by atoms with Crippen molar-refractivity contribution in [3.05, 3.63) is 95.6 Å². The Morgan fingerprint density at radius 3 is 2.14 bits per heavy atom. The number of rotatable bonds is 9. The van der Waals surface area contributed by atoms with Crippen LogP contribution in [-0.2, 0) is 23.2 Å². The van der Waals surface area contributed by atoms with Crippen molar-refractivity contribution in [2.45, 2.75) is 31.7 Å². The van der Waals surface area contributed by atoms with Crippen molar-refractivity contribution >= 4 is 5.91 Å². The summed E-state index contributed by atoms with van der Waals surface area (Å²) >= 11 is 0. The number of hydrogen-bond donors (Lipinski definition) is 2. The molecule has 0 saturated heterocycles. The number of pyridine rings is 2. The van der Waals surface area contributed by atoms with Gasteiger partial charge >= 0.3 is 0 Å². The second-order valence-electron chi connectivity index (χ2n) is 7.03. The van der Waals surface area contributed by atoms with E-state index in [1.807, 2.05) is 55.5 Å². The average molecular weight is 374 g/mol. The standard InChI is InChI=1S/C23H26N4O/c1-18-3-2-4-21(17-18)23(22(24)28,11-5-19-6-12-25-13-7-19)27-16-10-20-8-14-26-15-9-20/h2-4,6-9,12-15,17,27H,5,10-11,16H2,1H3,(H2,24,28). The van der Waals surface area contributed by atoms with Crippen LogP contribution in [0.5, 0.6) is 0 Å². The van der Waals surface area contributed by atoms with Crippen LogP contribution >= 0.6 is 0 Å². The maximum atomic E-state index is 12.7. The van der Waals surface area contributed by atoms with Crippen molar-refractivity contribution in [3.63, 3.8) is 0 Å². The monoisotopic (exact) mass is 374 g/mol. The summed E-state index contributed by atoms with van der Waals surface area (Å²) in [5.41, 5.74) is 9.35. The lowest BCUT2D eigenvalue weighted by atomic mass is 9.82. The zero-order valence-corrected chi connectivity index (χ0v) is 16.1. The number of hydrogen-bond acceptors (Lipinski definition) is 4. The van der Waals surface area contributed by atoms with Crippen molar-refractivity contribution in [3.8, 4) is 0 Å². The molecule has 1 amide bonds. The van der Waals surface area contributed by atoms with Gasteiger partial charge in [-0.25, -0.2) is 0 Å². The summed E-state index contributed by atoms with van der Waals surface area (Å²) in [4.78, 5) is 20.9. The quantitative estimate of drug-likeness (QED) is 0.603. The van der Waals surface area contributed by atoms with E-state index in [0.29, 0.717) is 13.0 Å². The van der Waals surface area contributed by atoms with Crippen LogP contribution in [-0.4, -0.2) is 22.4 Å². The maximum absolute atomic E-state index is 12.7. The minimum absolute atomic E-state index is 0.359. The van der Waals surface area contributed by atoms with Crippen LogP contribution in [0.25, 0.3) is 0 Å². The van der Waals surface area contributed by atoms with Gasteiger partial charge in [0.05, 0.1) is 0 Å². The predicted octanol–water partition coefficient (Wildman–Crippen LogP) is 2.93. The molecule has 2 heterocycles. The van der Waals surface area contributed by atoms with E-state index in [1.165, 1.54) is 5.56 Å². The van der Waals surface area contributed by atoms with Crippen molar-refractivity contribution in [1.82, 2.24) is 15.3 Å². The number of nitrogens with one attached hydrogen (secondary N) is 1. The van der Waals surface area contributed by atoms with Crippen LogP contribution < -0.4 is 11.1 Å². The molecule has 5 nitrogen and oxygen atoms in total. The Hall–Kier alpha value is -3.05. The fraction of sp³-hybridized carbons (Fsp3) is 0.261. The van der Waals surface area contributed by atoms with Gasteiger partial charge in [-0.15, -0.1) is 0 Å². The molecule has 3 rings (SSSR count). The van der Waals surface area contributed by atoms with Crippen LogP contribution in [0.4, 0.5) is 0 Å². The Morgan fingerprint density at radius 1 is 0.964 bits per heavy atom. The molecule has 1 atom stereocenters. The van der Waals surface area contributed by atoms with E-state index in [2.05, 4.69) is 15.3 Å². The molecule has 0 aliphatic rings. The first-order valence-corrected chi connectivity index (χ1v) is 9.50. The van der Waals surface area contributed by atoms with Crippen molar-refractivity contribution < 1.29 is 4.79 Å². The SMILES string of the molecule is Cc1cccc(C(CCc2ccncc2)(NCCc2ccncc2)C(N)=O)c1. The maximum Gasteiger partial charge on any atom is 0.242 e. The Morgan fingerprint density at radius 2 is 1.57 bits per heavy atom. The smallest absolute Gasteiger partial charge is 0.242 e. The van der Waals surface area contributed by atoms with Gasteiger partial charge in [-0.3, -0.25) is 20.1 Å². The topological polar surface area (TPSA) is 80.9 Å². The molecule has 3 N–H and O–H groups in total. The average Bonchev–Trinajstić information content (AvgIpc) is 2.72. The van der Waals surface area contributed by atoms with E-state index in [1.54, 1.807) is 24.8 Å². The minimum atomic E-state index is -0.928. The first kappa shape index (κ1) is 19.7. The van der Waals surface area contributed by atoms with Crippen LogP contribution in [0.1, 0.15) is 28.7 Å². The molecule has 0 aliphatic heterocycles. The Bertz CT molecular complexity index is 899. The lowest BCUT2D eigenvalue weighted by Crippen LogP contribution is -2.53.